The van der Waals surface area contributed by atoms with Crippen LogP contribution < -0.4 is 9.80 Å². The van der Waals surface area contributed by atoms with Crippen molar-refractivity contribution >= 4 is 50.9 Å². The summed E-state index contributed by atoms with van der Waals surface area (Å²) in [5, 5.41) is 0. The minimum absolute atomic E-state index is 0.308. The average molecular weight is 581 g/mol. The number of aryl methyl sites for hydroxylation is 2. The van der Waals surface area contributed by atoms with Crippen LogP contribution in [0.25, 0.3) is 0 Å². The fraction of sp³-hybridized carbons (Fsp3) is 0.250. The van der Waals surface area contributed by atoms with Crippen molar-refractivity contribution < 1.29 is 19.2 Å². The van der Waals surface area contributed by atoms with Gasteiger partial charge in [0.25, 0.3) is 0 Å². The number of hydrogen-bond acceptors (Lipinski definition) is 4. The number of amides is 4. The number of anilines is 2. The fourth-order valence-corrected chi connectivity index (χ4v) is 7.65. The summed E-state index contributed by atoms with van der Waals surface area (Å²) < 4.78 is 0.856. The number of imide groups is 2. The second-order valence-electron chi connectivity index (χ2n) is 11.1. The maximum atomic E-state index is 14.3. The van der Waals surface area contributed by atoms with E-state index in [4.69, 9.17) is 0 Å². The van der Waals surface area contributed by atoms with Crippen LogP contribution in [-0.4, -0.2) is 23.6 Å². The topological polar surface area (TPSA) is 74.8 Å². The Morgan fingerprint density at radius 3 is 1.49 bits per heavy atom. The van der Waals surface area contributed by atoms with E-state index in [1.807, 2.05) is 74.5 Å². The van der Waals surface area contributed by atoms with Gasteiger partial charge in [0.1, 0.15) is 0 Å². The van der Waals surface area contributed by atoms with Gasteiger partial charge in [-0.2, -0.15) is 0 Å². The lowest BCUT2D eigenvalue weighted by molar-refractivity contribution is -0.140. The van der Waals surface area contributed by atoms with Gasteiger partial charge >= 0.3 is 0 Å². The molecule has 4 amide bonds. The van der Waals surface area contributed by atoms with Gasteiger partial charge in [-0.15, -0.1) is 0 Å². The Bertz CT molecular complexity index is 1500. The molecule has 8 rings (SSSR count). The van der Waals surface area contributed by atoms with Gasteiger partial charge in [0.15, 0.2) is 0 Å². The van der Waals surface area contributed by atoms with Crippen LogP contribution in [-0.2, 0) is 24.6 Å². The van der Waals surface area contributed by atoms with Crippen molar-refractivity contribution in [2.45, 2.75) is 19.3 Å². The highest BCUT2D eigenvalue weighted by Crippen LogP contribution is 2.65. The average Bonchev–Trinajstić information content (AvgIpc) is 3.37. The molecule has 2 bridgehead atoms. The van der Waals surface area contributed by atoms with Gasteiger partial charge in [-0.1, -0.05) is 75.6 Å². The quantitative estimate of drug-likeness (QED) is 0.318. The monoisotopic (exact) mass is 580 g/mol. The van der Waals surface area contributed by atoms with E-state index in [0.29, 0.717) is 11.4 Å². The van der Waals surface area contributed by atoms with E-state index in [0.717, 1.165) is 21.2 Å². The third-order valence-corrected chi connectivity index (χ3v) is 9.61. The highest BCUT2D eigenvalue weighted by molar-refractivity contribution is 9.10. The molecule has 2 aliphatic heterocycles. The molecular formula is C32H25BrN2O4. The number of carbonyl (C=O) groups excluding carboxylic acids is 4. The molecule has 3 aromatic rings. The molecule has 3 fully saturated rings. The molecule has 6 atom stereocenters. The Hall–Kier alpha value is -3.84. The fourth-order valence-electron chi connectivity index (χ4n) is 7.39. The number of allylic oxidation sites excluding steroid dienone is 2. The molecule has 0 N–H and O–H groups in total. The summed E-state index contributed by atoms with van der Waals surface area (Å²) in [7, 11) is 0. The molecule has 0 radical (unpaired) electrons. The summed E-state index contributed by atoms with van der Waals surface area (Å²) in [6.45, 7) is 3.89. The highest BCUT2D eigenvalue weighted by atomic mass is 79.9. The molecule has 6 nitrogen and oxygen atoms in total. The van der Waals surface area contributed by atoms with Crippen molar-refractivity contribution in [1.29, 1.82) is 0 Å². The summed E-state index contributed by atoms with van der Waals surface area (Å²) in [5.74, 6) is -4.86. The summed E-state index contributed by atoms with van der Waals surface area (Å²) >= 11 is 3.49. The standard InChI is InChI=1S/C32H25BrN2O4/c1-17-3-11-21(12-4-17)34-28(36)24-23-15-16-32(26(24)30(34)38,19-7-9-20(33)10-8-19)27-25(23)29(37)35(31(27)39)22-13-5-18(2)6-14-22/h3-16,23-27H,1-2H3/t23?,24-,25+,26+,27?,32?/m0/s1. The van der Waals surface area contributed by atoms with Gasteiger partial charge in [0, 0.05) is 15.8 Å². The van der Waals surface area contributed by atoms with Gasteiger partial charge in [-0.25, -0.2) is 9.80 Å². The molecule has 2 saturated heterocycles. The predicted molar refractivity (Wildman–Crippen MR) is 150 cm³/mol. The first-order valence-corrected chi connectivity index (χ1v) is 13.9. The Balaban J connectivity index is 1.43. The summed E-state index contributed by atoms with van der Waals surface area (Å²) in [5.41, 5.74) is 2.68. The molecule has 5 aliphatic rings. The zero-order chi connectivity index (χ0) is 27.2. The summed E-state index contributed by atoms with van der Waals surface area (Å²) in [4.78, 5) is 59.3. The maximum absolute atomic E-state index is 14.3. The first-order chi connectivity index (χ1) is 18.7. The van der Waals surface area contributed by atoms with E-state index in [1.54, 1.807) is 24.3 Å². The third kappa shape index (κ3) is 3.13. The van der Waals surface area contributed by atoms with Crippen molar-refractivity contribution in [3.63, 3.8) is 0 Å². The zero-order valence-electron chi connectivity index (χ0n) is 21.4. The molecule has 3 unspecified atom stereocenters. The third-order valence-electron chi connectivity index (χ3n) is 9.08. The van der Waals surface area contributed by atoms with Crippen molar-refractivity contribution in [3.8, 4) is 0 Å². The normalized spacial score (nSPS) is 30.8. The van der Waals surface area contributed by atoms with Crippen molar-refractivity contribution in [2.24, 2.45) is 29.6 Å². The second kappa shape index (κ2) is 8.33. The van der Waals surface area contributed by atoms with Crippen molar-refractivity contribution in [3.05, 3.63) is 106 Å². The molecule has 3 aromatic carbocycles. The molecule has 2 heterocycles. The van der Waals surface area contributed by atoms with Crippen LogP contribution in [0.3, 0.4) is 0 Å². The predicted octanol–water partition coefficient (Wildman–Crippen LogP) is 5.11. The molecule has 0 spiro atoms. The zero-order valence-corrected chi connectivity index (χ0v) is 23.0. The van der Waals surface area contributed by atoms with E-state index in [1.165, 1.54) is 9.80 Å². The maximum Gasteiger partial charge on any atom is 0.238 e. The van der Waals surface area contributed by atoms with Crippen LogP contribution in [0.1, 0.15) is 16.7 Å². The van der Waals surface area contributed by atoms with E-state index < -0.39 is 35.0 Å². The first kappa shape index (κ1) is 24.2. The van der Waals surface area contributed by atoms with Crippen LogP contribution in [0.5, 0.6) is 0 Å². The lowest BCUT2D eigenvalue weighted by Crippen LogP contribution is -2.60. The molecule has 194 valence electrons. The Morgan fingerprint density at radius 1 is 0.615 bits per heavy atom. The minimum atomic E-state index is -1.14. The number of rotatable bonds is 3. The van der Waals surface area contributed by atoms with Crippen LogP contribution in [0, 0.1) is 43.4 Å². The van der Waals surface area contributed by atoms with Crippen molar-refractivity contribution in [1.82, 2.24) is 0 Å². The summed E-state index contributed by atoms with van der Waals surface area (Å²) in [6.07, 6.45) is 3.86. The van der Waals surface area contributed by atoms with E-state index in [-0.39, 0.29) is 23.6 Å². The van der Waals surface area contributed by atoms with Gasteiger partial charge < -0.3 is 0 Å². The minimum Gasteiger partial charge on any atom is -0.274 e. The summed E-state index contributed by atoms with van der Waals surface area (Å²) in [6, 6.07) is 22.1. The Kier molecular flexibility index (Phi) is 5.17. The SMILES string of the molecule is Cc1ccc(N2C(=O)C3[C@H](C2=O)C2C=CC3(c3ccc(Br)cc3)[C@H]3C(=O)N(c4ccc(C)cc4)C(=O)[C@@H]23)cc1. The lowest BCUT2D eigenvalue weighted by atomic mass is 9.45. The first-order valence-electron chi connectivity index (χ1n) is 13.1. The Labute approximate surface area is 234 Å². The van der Waals surface area contributed by atoms with Gasteiger partial charge in [-0.3, -0.25) is 19.2 Å². The molecular weight excluding hydrogens is 556 g/mol. The van der Waals surface area contributed by atoms with Crippen LogP contribution >= 0.6 is 15.9 Å². The molecule has 7 heteroatoms. The second-order valence-corrected chi connectivity index (χ2v) is 12.0. The number of hydrogen-bond donors (Lipinski definition) is 0. The lowest BCUT2D eigenvalue weighted by Gasteiger charge is -2.53. The van der Waals surface area contributed by atoms with Gasteiger partial charge in [0.05, 0.1) is 35.0 Å². The number of benzene rings is 3. The smallest absolute Gasteiger partial charge is 0.238 e. The largest absolute Gasteiger partial charge is 0.274 e. The number of halogens is 1. The number of nitrogens with zero attached hydrogens (tertiary/aromatic N) is 2. The molecule has 39 heavy (non-hydrogen) atoms. The Morgan fingerprint density at radius 2 is 1.05 bits per heavy atom. The van der Waals surface area contributed by atoms with E-state index in [2.05, 4.69) is 15.9 Å². The molecule has 1 saturated carbocycles. The van der Waals surface area contributed by atoms with Gasteiger partial charge in [0.2, 0.25) is 23.6 Å². The van der Waals surface area contributed by atoms with Gasteiger partial charge in [-0.05, 0) is 55.8 Å². The molecule has 0 aromatic heterocycles. The van der Waals surface area contributed by atoms with Crippen LogP contribution in [0.4, 0.5) is 11.4 Å². The van der Waals surface area contributed by atoms with Crippen molar-refractivity contribution in [2.75, 3.05) is 9.80 Å². The van der Waals surface area contributed by atoms with E-state index >= 15 is 0 Å². The highest BCUT2D eigenvalue weighted by Gasteiger charge is 2.75. The number of carbonyl (C=O) groups is 4. The molecule has 3 aliphatic carbocycles. The van der Waals surface area contributed by atoms with Crippen LogP contribution in [0.15, 0.2) is 89.4 Å². The van der Waals surface area contributed by atoms with E-state index in [9.17, 15) is 19.2 Å². The van der Waals surface area contributed by atoms with Crippen LogP contribution in [0.2, 0.25) is 0 Å².